The molecule has 8 amide bonds. The highest BCUT2D eigenvalue weighted by Gasteiger charge is 2.33. The summed E-state index contributed by atoms with van der Waals surface area (Å²) in [5.74, 6) is -6.12. The summed E-state index contributed by atoms with van der Waals surface area (Å²) in [4.78, 5) is 116. The number of phenols is 1. The molecule has 0 aromatic heterocycles. The third kappa shape index (κ3) is 23.9. The topological polar surface area (TPSA) is 408 Å². The lowest BCUT2D eigenvalue weighted by atomic mass is 10.00. The van der Waals surface area contributed by atoms with Crippen molar-refractivity contribution in [3.8, 4) is 5.75 Å². The van der Waals surface area contributed by atoms with E-state index in [9.17, 15) is 43.5 Å². The van der Waals surface area contributed by atoms with Crippen molar-refractivity contribution in [1.82, 2.24) is 42.5 Å². The Kier molecular flexibility index (Phi) is 26.7. The number of primary amides is 1. The normalized spacial score (nSPS) is 13.9. The molecule has 0 bridgehead atoms. The average molecular weight is 1010 g/mol. The van der Waals surface area contributed by atoms with Crippen LogP contribution in [-0.4, -0.2) is 133 Å². The Morgan fingerprint density at radius 3 is 1.43 bits per heavy atom. The zero-order chi connectivity index (χ0) is 53.9. The lowest BCUT2D eigenvalue weighted by Crippen LogP contribution is -2.60. The number of carbonyl (C=O) groups excluding carboxylic acids is 8. The van der Waals surface area contributed by atoms with Crippen LogP contribution in [0.3, 0.4) is 0 Å². The Morgan fingerprint density at radius 1 is 0.514 bits per heavy atom. The number of carbonyl (C=O) groups is 8. The number of aliphatic imine (C=N–C) groups is 2. The molecule has 0 fully saturated rings. The highest BCUT2D eigenvalue weighted by atomic mass is 16.3. The number of hydrogen-bond acceptors (Lipinski definition) is 12. The summed E-state index contributed by atoms with van der Waals surface area (Å²) in [7, 11) is 1.59. The van der Waals surface area contributed by atoms with E-state index in [-0.39, 0.29) is 94.0 Å². The first kappa shape index (κ1) is 60.6. The highest BCUT2D eigenvalue weighted by molar-refractivity contribution is 5.97. The number of benzene rings is 2. The number of rotatable bonds is 32. The van der Waals surface area contributed by atoms with Crippen LogP contribution in [0.4, 0.5) is 0 Å². The van der Waals surface area contributed by atoms with E-state index in [1.807, 2.05) is 27.7 Å². The van der Waals surface area contributed by atoms with Gasteiger partial charge in [0.15, 0.2) is 11.9 Å². The molecule has 24 heteroatoms. The van der Waals surface area contributed by atoms with Gasteiger partial charge in [0.2, 0.25) is 47.3 Å². The van der Waals surface area contributed by atoms with Gasteiger partial charge in [-0.3, -0.25) is 48.3 Å². The SMILES string of the molecule is CN[C@@H](Cc1ccc(O)cc1)C(=O)NCC(=O)N[C@H](C)C(=O)N[C@@H](Cc1ccccc1)C(=O)N[C@@H](CC(C)C)C(=O)N[C@@H](CCCN=C(N)N)C(=O)N[C@@H](CCCN=C(N)N)C(=O)N[C@@H](CC(C)C)C(N)=O. The molecule has 0 spiro atoms. The second-order valence-electron chi connectivity index (χ2n) is 18.3. The minimum absolute atomic E-state index is 0.0162. The Balaban J connectivity index is 2.33. The summed E-state index contributed by atoms with van der Waals surface area (Å²) in [6.45, 7) is 8.48. The van der Waals surface area contributed by atoms with Gasteiger partial charge in [-0.15, -0.1) is 0 Å². The fraction of sp³-hybridized carbons (Fsp3) is 0.542. The van der Waals surface area contributed by atoms with Gasteiger partial charge in [-0.05, 0) is 94.0 Å². The molecule has 0 unspecified atom stereocenters. The lowest BCUT2D eigenvalue weighted by Gasteiger charge is -2.28. The predicted molar refractivity (Wildman–Crippen MR) is 273 cm³/mol. The van der Waals surface area contributed by atoms with E-state index in [1.54, 1.807) is 49.5 Å². The molecule has 0 radical (unpaired) electrons. The van der Waals surface area contributed by atoms with Crippen LogP contribution in [0, 0.1) is 11.8 Å². The van der Waals surface area contributed by atoms with Crippen molar-refractivity contribution in [1.29, 1.82) is 0 Å². The molecule has 7 atom stereocenters. The summed E-state index contributed by atoms with van der Waals surface area (Å²) in [5.41, 5.74) is 29.0. The fourth-order valence-corrected chi connectivity index (χ4v) is 7.25. The van der Waals surface area contributed by atoms with Crippen LogP contribution in [0.5, 0.6) is 5.75 Å². The number of amides is 8. The monoisotopic (exact) mass is 1010 g/mol. The van der Waals surface area contributed by atoms with E-state index in [0.29, 0.717) is 5.56 Å². The second-order valence-corrected chi connectivity index (χ2v) is 18.3. The molecular formula is C48H77N15O9. The molecule has 0 aliphatic carbocycles. The minimum Gasteiger partial charge on any atom is -0.508 e. The smallest absolute Gasteiger partial charge is 0.243 e. The number of guanidine groups is 2. The summed E-state index contributed by atoms with van der Waals surface area (Å²) >= 11 is 0. The molecule has 24 nitrogen and oxygen atoms in total. The van der Waals surface area contributed by atoms with E-state index in [1.165, 1.54) is 19.1 Å². The Bertz CT molecular complexity index is 2150. The second kappa shape index (κ2) is 31.7. The van der Waals surface area contributed by atoms with Gasteiger partial charge in [0.25, 0.3) is 0 Å². The van der Waals surface area contributed by atoms with Gasteiger partial charge in [0.05, 0.1) is 12.6 Å². The molecule has 2 aromatic carbocycles. The lowest BCUT2D eigenvalue weighted by molar-refractivity contribution is -0.135. The van der Waals surface area contributed by atoms with Crippen LogP contribution >= 0.6 is 0 Å². The third-order valence-electron chi connectivity index (χ3n) is 11.0. The van der Waals surface area contributed by atoms with Crippen LogP contribution in [0.2, 0.25) is 0 Å². The van der Waals surface area contributed by atoms with Gasteiger partial charge in [-0.2, -0.15) is 0 Å². The van der Waals surface area contributed by atoms with E-state index in [4.69, 9.17) is 28.7 Å². The maximum atomic E-state index is 14.3. The number of nitrogens with zero attached hydrogens (tertiary/aromatic N) is 2. The van der Waals surface area contributed by atoms with Crippen LogP contribution in [0.15, 0.2) is 64.6 Å². The van der Waals surface area contributed by atoms with Crippen LogP contribution in [0.25, 0.3) is 0 Å². The number of nitrogens with one attached hydrogen (secondary N) is 8. The van der Waals surface area contributed by atoms with Gasteiger partial charge in [0, 0.05) is 19.5 Å². The molecule has 2 aromatic rings. The first-order valence-corrected chi connectivity index (χ1v) is 24.0. The first-order valence-electron chi connectivity index (χ1n) is 24.0. The van der Waals surface area contributed by atoms with Gasteiger partial charge in [-0.25, -0.2) is 0 Å². The van der Waals surface area contributed by atoms with Crippen molar-refractivity contribution < 1.29 is 43.5 Å². The number of nitrogens with two attached hydrogens (primary N) is 5. The summed E-state index contributed by atoms with van der Waals surface area (Å²) < 4.78 is 0. The quantitative estimate of drug-likeness (QED) is 0.0205. The summed E-state index contributed by atoms with van der Waals surface area (Å²) in [6, 6.07) is 7.14. The van der Waals surface area contributed by atoms with Crippen molar-refractivity contribution >= 4 is 59.2 Å². The number of phenolic OH excluding ortho intramolecular Hbond substituents is 1. The van der Waals surface area contributed by atoms with Gasteiger partial charge in [-0.1, -0.05) is 70.2 Å². The van der Waals surface area contributed by atoms with Gasteiger partial charge >= 0.3 is 0 Å². The molecule has 398 valence electrons. The molecular weight excluding hydrogens is 931 g/mol. The van der Waals surface area contributed by atoms with E-state index < -0.39 is 96.1 Å². The van der Waals surface area contributed by atoms with Crippen molar-refractivity contribution in [2.75, 3.05) is 26.7 Å². The zero-order valence-electron chi connectivity index (χ0n) is 42.2. The summed E-state index contributed by atoms with van der Waals surface area (Å²) in [5, 5.41) is 31.0. The van der Waals surface area contributed by atoms with Crippen molar-refractivity contribution in [2.24, 2.45) is 50.5 Å². The minimum atomic E-state index is -1.30. The van der Waals surface area contributed by atoms with Crippen molar-refractivity contribution in [3.05, 3.63) is 65.7 Å². The first-order chi connectivity index (χ1) is 34.0. The van der Waals surface area contributed by atoms with E-state index in [0.717, 1.165) is 5.56 Å². The standard InChI is InChI=1S/C48H77N15O9/c1-27(2)22-35(40(49)66)61-44(70)34(15-11-21-56-48(52)53)59-43(69)33(14-10-20-55-47(50)51)60-45(71)37(23-28(3)4)63-46(72)38(25-30-12-8-7-9-13-30)62-41(67)29(5)58-39(65)26-57-42(68)36(54-6)24-31-16-18-32(64)19-17-31/h7-9,12-13,16-19,27-29,33-38,54,64H,10-11,14-15,20-26H2,1-6H3,(H2,49,66)(H,57,68)(H,58,65)(H,59,69)(H,60,71)(H,61,70)(H,62,67)(H,63,72)(H4,50,51,55)(H4,52,53,56)/t29-,33+,34+,35+,36+,37+,38+/m1/s1. The maximum absolute atomic E-state index is 14.3. The number of hydrogen-bond donors (Lipinski definition) is 14. The molecule has 0 heterocycles. The largest absolute Gasteiger partial charge is 0.508 e. The Hall–Kier alpha value is -7.50. The van der Waals surface area contributed by atoms with Gasteiger partial charge < -0.3 is 76.3 Å². The molecule has 0 aliphatic rings. The molecule has 0 saturated heterocycles. The van der Waals surface area contributed by atoms with Crippen molar-refractivity contribution in [2.45, 2.75) is 128 Å². The molecule has 0 aliphatic heterocycles. The van der Waals surface area contributed by atoms with Crippen LogP contribution in [-0.2, 0) is 51.2 Å². The van der Waals surface area contributed by atoms with Crippen LogP contribution in [0.1, 0.15) is 84.3 Å². The number of aromatic hydroxyl groups is 1. The Morgan fingerprint density at radius 2 is 0.944 bits per heavy atom. The average Bonchev–Trinajstić information content (AvgIpc) is 3.31. The molecule has 0 saturated carbocycles. The fourth-order valence-electron chi connectivity index (χ4n) is 7.25. The van der Waals surface area contributed by atoms with Crippen LogP contribution < -0.4 is 71.2 Å². The highest BCUT2D eigenvalue weighted by Crippen LogP contribution is 2.13. The summed E-state index contributed by atoms with van der Waals surface area (Å²) in [6.07, 6.45) is 1.01. The number of likely N-dealkylation sites (N-methyl/N-ethyl adjacent to an activating group) is 1. The zero-order valence-corrected chi connectivity index (χ0v) is 42.2. The van der Waals surface area contributed by atoms with E-state index >= 15 is 0 Å². The van der Waals surface area contributed by atoms with E-state index in [2.05, 4.69) is 52.5 Å². The Labute approximate surface area is 421 Å². The molecule has 72 heavy (non-hydrogen) atoms. The predicted octanol–water partition coefficient (Wildman–Crippen LogP) is -2.51. The molecule has 19 N–H and O–H groups in total. The van der Waals surface area contributed by atoms with Crippen molar-refractivity contribution in [3.63, 3.8) is 0 Å². The third-order valence-corrected chi connectivity index (χ3v) is 11.0. The molecule has 2 rings (SSSR count). The van der Waals surface area contributed by atoms with Gasteiger partial charge in [0.1, 0.15) is 42.0 Å². The maximum Gasteiger partial charge on any atom is 0.243 e.